The monoisotopic (exact) mass is 497 g/mol. The SMILES string of the molecule is Cn1c(CO)nnc1SCC1=C(C(=O)O)N2C(=O)C(NC(=O)Cc3csc(N)n3)[C@H]2SC1. The molecule has 2 amide bonds. The van der Waals surface area contributed by atoms with Gasteiger partial charge in [-0.1, -0.05) is 11.8 Å². The van der Waals surface area contributed by atoms with Gasteiger partial charge in [-0.05, 0) is 5.57 Å². The van der Waals surface area contributed by atoms with E-state index in [-0.39, 0.29) is 24.6 Å². The molecule has 5 N–H and O–H groups in total. The first-order chi connectivity index (χ1) is 15.3. The summed E-state index contributed by atoms with van der Waals surface area (Å²) in [6.45, 7) is -0.254. The van der Waals surface area contributed by atoms with Crippen molar-refractivity contribution in [1.82, 2.24) is 30.0 Å². The van der Waals surface area contributed by atoms with Crippen molar-refractivity contribution in [3.63, 3.8) is 0 Å². The summed E-state index contributed by atoms with van der Waals surface area (Å²) in [6.07, 6.45) is -0.00802. The molecule has 2 aliphatic heterocycles. The number of rotatable bonds is 8. The van der Waals surface area contributed by atoms with Gasteiger partial charge in [0.2, 0.25) is 5.91 Å². The molecular formula is C17H19N7O5S3. The molecule has 1 unspecified atom stereocenters. The van der Waals surface area contributed by atoms with Crippen molar-refractivity contribution in [3.8, 4) is 0 Å². The lowest BCUT2D eigenvalue weighted by molar-refractivity contribution is -0.150. The summed E-state index contributed by atoms with van der Waals surface area (Å²) >= 11 is 3.89. The maximum atomic E-state index is 12.7. The number of aliphatic carboxylic acids is 1. The molecule has 2 aromatic rings. The highest BCUT2D eigenvalue weighted by Gasteiger charge is 2.54. The highest BCUT2D eigenvalue weighted by atomic mass is 32.2. The van der Waals surface area contributed by atoms with Crippen molar-refractivity contribution < 1.29 is 24.6 Å². The van der Waals surface area contributed by atoms with E-state index >= 15 is 0 Å². The first kappa shape index (κ1) is 22.6. The van der Waals surface area contributed by atoms with E-state index in [1.165, 1.54) is 39.8 Å². The standard InChI is InChI=1S/C17H19N7O5S3/c1-23-9(3-25)21-22-17(23)32-5-7-4-30-14-11(13(27)24(14)12(7)15(28)29)20-10(26)2-8-6-31-16(18)19-8/h6,11,14,25H,2-5H2,1H3,(H2,18,19)(H,20,26)(H,28,29)/t11?,14-/m1/s1. The minimum Gasteiger partial charge on any atom is -0.477 e. The number of nitrogens with two attached hydrogens (primary N) is 1. The van der Waals surface area contributed by atoms with Crippen LogP contribution in [0.1, 0.15) is 11.5 Å². The number of carboxylic acids is 1. The summed E-state index contributed by atoms with van der Waals surface area (Å²) in [7, 11) is 1.71. The molecule has 15 heteroatoms. The average Bonchev–Trinajstić information content (AvgIpc) is 3.33. The van der Waals surface area contributed by atoms with E-state index < -0.39 is 23.3 Å². The van der Waals surface area contributed by atoms with E-state index in [4.69, 9.17) is 5.73 Å². The van der Waals surface area contributed by atoms with E-state index in [1.54, 1.807) is 17.0 Å². The third-order valence-corrected chi connectivity index (χ3v) is 8.09. The predicted molar refractivity (Wildman–Crippen MR) is 118 cm³/mol. The second-order valence-corrected chi connectivity index (χ2v) is 9.91. The highest BCUT2D eigenvalue weighted by molar-refractivity contribution is 8.01. The van der Waals surface area contributed by atoms with Gasteiger partial charge in [0, 0.05) is 23.9 Å². The number of nitrogens with zero attached hydrogens (tertiary/aromatic N) is 5. The Morgan fingerprint density at radius 3 is 2.81 bits per heavy atom. The molecule has 0 aliphatic carbocycles. The average molecular weight is 498 g/mol. The largest absolute Gasteiger partial charge is 0.477 e. The molecule has 12 nitrogen and oxygen atoms in total. The highest BCUT2D eigenvalue weighted by Crippen LogP contribution is 2.41. The lowest BCUT2D eigenvalue weighted by Crippen LogP contribution is -2.70. The van der Waals surface area contributed by atoms with E-state index in [0.717, 1.165) is 0 Å². The van der Waals surface area contributed by atoms with Crippen molar-refractivity contribution in [2.24, 2.45) is 7.05 Å². The summed E-state index contributed by atoms with van der Waals surface area (Å²) in [4.78, 5) is 42.3. The summed E-state index contributed by atoms with van der Waals surface area (Å²) in [6, 6.07) is -0.794. The topological polar surface area (TPSA) is 177 Å². The number of anilines is 1. The van der Waals surface area contributed by atoms with Gasteiger partial charge in [-0.3, -0.25) is 14.5 Å². The number of carbonyl (C=O) groups excluding carboxylic acids is 2. The van der Waals surface area contributed by atoms with Crippen molar-refractivity contribution in [2.45, 2.75) is 29.6 Å². The number of hydrogen-bond acceptors (Lipinski definition) is 11. The molecule has 2 aliphatic rings. The Morgan fingerprint density at radius 2 is 2.19 bits per heavy atom. The van der Waals surface area contributed by atoms with Crippen molar-refractivity contribution >= 4 is 57.8 Å². The molecule has 2 aromatic heterocycles. The molecule has 0 bridgehead atoms. The first-order valence-electron chi connectivity index (χ1n) is 9.31. The van der Waals surface area contributed by atoms with E-state index in [0.29, 0.717) is 38.9 Å². The smallest absolute Gasteiger partial charge is 0.352 e. The van der Waals surface area contributed by atoms with Crippen LogP contribution in [0.15, 0.2) is 21.8 Å². The number of thioether (sulfide) groups is 2. The molecule has 0 spiro atoms. The Bertz CT molecular complexity index is 1110. The fraction of sp³-hybridized carbons (Fsp3) is 0.412. The Morgan fingerprint density at radius 1 is 1.41 bits per heavy atom. The number of carboxylic acid groups (broad SMARTS) is 1. The van der Waals surface area contributed by atoms with E-state index in [2.05, 4.69) is 20.5 Å². The van der Waals surface area contributed by atoms with Crippen LogP contribution in [-0.4, -0.2) is 75.6 Å². The zero-order valence-electron chi connectivity index (χ0n) is 16.7. The summed E-state index contributed by atoms with van der Waals surface area (Å²) in [5.74, 6) is -0.952. The molecule has 4 heterocycles. The number of aromatic nitrogens is 4. The van der Waals surface area contributed by atoms with Crippen LogP contribution in [-0.2, 0) is 34.5 Å². The number of thiazole rings is 1. The number of aliphatic hydroxyl groups is 1. The fourth-order valence-electron chi connectivity index (χ4n) is 3.35. The van der Waals surface area contributed by atoms with Gasteiger partial charge in [0.25, 0.3) is 5.91 Å². The van der Waals surface area contributed by atoms with Gasteiger partial charge in [-0.2, -0.15) is 0 Å². The summed E-state index contributed by atoms with van der Waals surface area (Å²) in [5, 5.41) is 31.6. The van der Waals surface area contributed by atoms with Crippen LogP contribution in [0, 0.1) is 0 Å². The molecule has 32 heavy (non-hydrogen) atoms. The van der Waals surface area contributed by atoms with Crippen LogP contribution >= 0.6 is 34.9 Å². The molecule has 4 rings (SSSR count). The quantitative estimate of drug-likeness (QED) is 0.271. The first-order valence-corrected chi connectivity index (χ1v) is 12.2. The second kappa shape index (κ2) is 9.09. The Labute approximate surface area is 194 Å². The number of nitrogens with one attached hydrogen (secondary N) is 1. The second-order valence-electron chi connectivity index (χ2n) is 6.97. The number of hydrogen-bond donors (Lipinski definition) is 4. The molecule has 2 atom stereocenters. The van der Waals surface area contributed by atoms with Crippen LogP contribution in [0.4, 0.5) is 5.13 Å². The molecule has 1 fully saturated rings. The summed E-state index contributed by atoms with van der Waals surface area (Å²) in [5.41, 5.74) is 6.60. The number of fused-ring (bicyclic) bond motifs is 1. The Hall–Kier alpha value is -2.62. The van der Waals surface area contributed by atoms with Gasteiger partial charge >= 0.3 is 5.97 Å². The van der Waals surface area contributed by atoms with Gasteiger partial charge in [0.1, 0.15) is 23.7 Å². The van der Waals surface area contributed by atoms with Crippen LogP contribution < -0.4 is 11.1 Å². The molecule has 1 saturated heterocycles. The van der Waals surface area contributed by atoms with Crippen LogP contribution in [0.5, 0.6) is 0 Å². The lowest BCUT2D eigenvalue weighted by Gasteiger charge is -2.49. The predicted octanol–water partition coefficient (Wildman–Crippen LogP) is -0.580. The lowest BCUT2D eigenvalue weighted by atomic mass is 10.0. The molecule has 0 aromatic carbocycles. The summed E-state index contributed by atoms with van der Waals surface area (Å²) < 4.78 is 1.63. The zero-order valence-corrected chi connectivity index (χ0v) is 19.2. The molecule has 170 valence electrons. The molecule has 0 radical (unpaired) electrons. The zero-order chi connectivity index (χ0) is 23.0. The van der Waals surface area contributed by atoms with Gasteiger partial charge in [-0.15, -0.1) is 33.3 Å². The van der Waals surface area contributed by atoms with Gasteiger partial charge in [-0.25, -0.2) is 9.78 Å². The molecule has 0 saturated carbocycles. The number of β-lactam (4-membered cyclic amide) rings is 1. The van der Waals surface area contributed by atoms with Crippen molar-refractivity contribution in [1.29, 1.82) is 0 Å². The van der Waals surface area contributed by atoms with E-state index in [1.807, 2.05) is 0 Å². The third-order valence-electron chi connectivity index (χ3n) is 4.92. The van der Waals surface area contributed by atoms with Crippen LogP contribution in [0.25, 0.3) is 0 Å². The fourth-order valence-corrected chi connectivity index (χ4v) is 6.32. The van der Waals surface area contributed by atoms with Crippen LogP contribution in [0.2, 0.25) is 0 Å². The molecular weight excluding hydrogens is 478 g/mol. The van der Waals surface area contributed by atoms with Crippen LogP contribution in [0.3, 0.4) is 0 Å². The number of amides is 2. The minimum atomic E-state index is -1.20. The van der Waals surface area contributed by atoms with Gasteiger partial charge in [0.05, 0.1) is 12.1 Å². The van der Waals surface area contributed by atoms with Crippen molar-refractivity contribution in [2.75, 3.05) is 17.2 Å². The normalized spacial score (nSPS) is 20.2. The minimum absolute atomic E-state index is 0.00802. The van der Waals surface area contributed by atoms with E-state index in [9.17, 15) is 24.6 Å². The Kier molecular flexibility index (Phi) is 6.41. The van der Waals surface area contributed by atoms with Gasteiger partial charge in [0.15, 0.2) is 16.1 Å². The maximum absolute atomic E-state index is 12.7. The number of carbonyl (C=O) groups is 3. The number of aliphatic hydroxyl groups excluding tert-OH is 1. The Balaban J connectivity index is 1.44. The van der Waals surface area contributed by atoms with Crippen molar-refractivity contribution in [3.05, 3.63) is 28.2 Å². The van der Waals surface area contributed by atoms with Gasteiger partial charge < -0.3 is 25.8 Å². The number of nitrogen functional groups attached to an aromatic ring is 1. The maximum Gasteiger partial charge on any atom is 0.352 e. The third kappa shape index (κ3) is 4.20.